The fraction of sp³-hybridized carbons (Fsp3) is 0.385. The number of carbonyl (C=O) groups excluding carboxylic acids is 2. The van der Waals surface area contributed by atoms with Crippen molar-refractivity contribution in [1.29, 1.82) is 0 Å². The highest BCUT2D eigenvalue weighted by molar-refractivity contribution is 7.18. The average Bonchev–Trinajstić information content (AvgIpc) is 3.21. The van der Waals surface area contributed by atoms with E-state index in [1.54, 1.807) is 0 Å². The van der Waals surface area contributed by atoms with Gasteiger partial charge < -0.3 is 5.32 Å². The molecule has 0 bridgehead atoms. The summed E-state index contributed by atoms with van der Waals surface area (Å²) in [7, 11) is 0. The molecular weight excluding hydrogens is 432 g/mol. The van der Waals surface area contributed by atoms with Gasteiger partial charge >= 0.3 is 0 Å². The number of anilines is 1. The van der Waals surface area contributed by atoms with Gasteiger partial charge in [0.05, 0.1) is 0 Å². The van der Waals surface area contributed by atoms with Crippen LogP contribution in [0.25, 0.3) is 10.6 Å². The van der Waals surface area contributed by atoms with Gasteiger partial charge in [-0.1, -0.05) is 99.7 Å². The van der Waals surface area contributed by atoms with Gasteiger partial charge in [-0.2, -0.15) is 0 Å². The Morgan fingerprint density at radius 2 is 1.61 bits per heavy atom. The van der Waals surface area contributed by atoms with Gasteiger partial charge in [-0.05, 0) is 23.3 Å². The normalized spacial score (nSPS) is 13.2. The first kappa shape index (κ1) is 24.6. The second-order valence-electron chi connectivity index (χ2n) is 9.65. The molecule has 1 aromatic heterocycles. The predicted octanol–water partition coefficient (Wildman–Crippen LogP) is 5.33. The van der Waals surface area contributed by atoms with Gasteiger partial charge in [-0.25, -0.2) is 0 Å². The molecule has 0 fully saturated rings. The number of aromatic nitrogens is 2. The van der Waals surface area contributed by atoms with Crippen LogP contribution in [0.4, 0.5) is 5.13 Å². The Morgan fingerprint density at radius 1 is 0.970 bits per heavy atom. The first-order valence-corrected chi connectivity index (χ1v) is 12.0. The average molecular weight is 465 g/mol. The first-order valence-electron chi connectivity index (χ1n) is 11.2. The van der Waals surface area contributed by atoms with Crippen LogP contribution < -0.4 is 10.6 Å². The zero-order valence-electron chi connectivity index (χ0n) is 19.7. The number of carbonyl (C=O) groups is 2. The molecule has 33 heavy (non-hydrogen) atoms. The molecule has 0 saturated carbocycles. The predicted molar refractivity (Wildman–Crippen MR) is 134 cm³/mol. The lowest BCUT2D eigenvalue weighted by Crippen LogP contribution is -2.45. The highest BCUT2D eigenvalue weighted by Gasteiger charge is 2.24. The van der Waals surface area contributed by atoms with Crippen molar-refractivity contribution in [3.63, 3.8) is 0 Å². The lowest BCUT2D eigenvalue weighted by Gasteiger charge is -2.24. The van der Waals surface area contributed by atoms with E-state index >= 15 is 0 Å². The summed E-state index contributed by atoms with van der Waals surface area (Å²) < 4.78 is 0. The largest absolute Gasteiger partial charge is 0.344 e. The molecule has 1 heterocycles. The minimum Gasteiger partial charge on any atom is -0.344 e. The Morgan fingerprint density at radius 3 is 2.24 bits per heavy atom. The van der Waals surface area contributed by atoms with Crippen molar-refractivity contribution in [3.8, 4) is 10.6 Å². The van der Waals surface area contributed by atoms with E-state index in [1.807, 2.05) is 60.7 Å². The second kappa shape index (κ2) is 11.2. The van der Waals surface area contributed by atoms with E-state index in [0.29, 0.717) is 18.0 Å². The molecule has 0 saturated heterocycles. The first-order chi connectivity index (χ1) is 15.7. The molecule has 0 aliphatic rings. The molecule has 2 amide bonds. The van der Waals surface area contributed by atoms with Crippen molar-refractivity contribution in [2.75, 3.05) is 5.32 Å². The summed E-state index contributed by atoms with van der Waals surface area (Å²) in [5.41, 5.74) is 2.06. The maximum Gasteiger partial charge on any atom is 0.249 e. The van der Waals surface area contributed by atoms with Crippen molar-refractivity contribution in [2.45, 2.75) is 53.0 Å². The minimum atomic E-state index is -0.703. The third kappa shape index (κ3) is 8.09. The molecule has 0 aliphatic heterocycles. The van der Waals surface area contributed by atoms with Crippen molar-refractivity contribution in [1.82, 2.24) is 15.5 Å². The summed E-state index contributed by atoms with van der Waals surface area (Å²) in [6.07, 6.45) is 1.71. The lowest BCUT2D eigenvalue weighted by atomic mass is 9.84. The van der Waals surface area contributed by atoms with Crippen LogP contribution in [0.15, 0.2) is 60.7 Å². The van der Waals surface area contributed by atoms with Crippen LogP contribution in [0.5, 0.6) is 0 Å². The number of hydrogen-bond donors (Lipinski definition) is 2. The fourth-order valence-corrected chi connectivity index (χ4v) is 4.66. The Hall–Kier alpha value is -3.06. The zero-order chi connectivity index (χ0) is 23.8. The molecule has 2 aromatic carbocycles. The third-order valence-corrected chi connectivity index (χ3v) is 5.99. The van der Waals surface area contributed by atoms with Crippen LogP contribution in [0.1, 0.15) is 46.1 Å². The number of hydrogen-bond acceptors (Lipinski definition) is 5. The van der Waals surface area contributed by atoms with Gasteiger partial charge in [-0.3, -0.25) is 14.9 Å². The zero-order valence-corrected chi connectivity index (χ0v) is 20.5. The van der Waals surface area contributed by atoms with Crippen LogP contribution in [-0.4, -0.2) is 28.1 Å². The van der Waals surface area contributed by atoms with Crippen LogP contribution >= 0.6 is 11.3 Å². The van der Waals surface area contributed by atoms with Crippen LogP contribution in [-0.2, 0) is 16.0 Å². The quantitative estimate of drug-likeness (QED) is 0.448. The van der Waals surface area contributed by atoms with Crippen molar-refractivity contribution in [3.05, 3.63) is 66.2 Å². The third-order valence-electron chi connectivity index (χ3n) is 5.10. The molecule has 0 radical (unpaired) electrons. The standard InChI is InChI=1S/C26H32N4O2S/c1-18(17-26(2,3)4)15-22(31)27-21(16-19-11-7-5-8-12-19)23(32)28-25-30-29-24(33-25)20-13-9-6-10-14-20/h5-14,18,21H,15-17H2,1-4H3,(H,27,31)(H,28,30,32). The van der Waals surface area contributed by atoms with Gasteiger partial charge in [0.1, 0.15) is 11.0 Å². The van der Waals surface area contributed by atoms with Crippen molar-refractivity contribution >= 4 is 28.3 Å². The maximum absolute atomic E-state index is 13.1. The van der Waals surface area contributed by atoms with Gasteiger partial charge in [0.25, 0.3) is 0 Å². The molecule has 6 nitrogen and oxygen atoms in total. The summed E-state index contributed by atoms with van der Waals surface area (Å²) >= 11 is 1.31. The van der Waals surface area contributed by atoms with Crippen molar-refractivity contribution in [2.24, 2.45) is 11.3 Å². The molecule has 2 N–H and O–H groups in total. The molecular formula is C26H32N4O2S. The van der Waals surface area contributed by atoms with Crippen LogP contribution in [0.2, 0.25) is 0 Å². The van der Waals surface area contributed by atoms with Gasteiger partial charge in [-0.15, -0.1) is 10.2 Å². The SMILES string of the molecule is CC(CC(=O)NC(Cc1ccccc1)C(=O)Nc1nnc(-c2ccccc2)s1)CC(C)(C)C. The molecule has 174 valence electrons. The summed E-state index contributed by atoms with van der Waals surface area (Å²) in [4.78, 5) is 25.9. The van der Waals surface area contributed by atoms with Crippen molar-refractivity contribution < 1.29 is 9.59 Å². The highest BCUT2D eigenvalue weighted by Crippen LogP contribution is 2.27. The van der Waals surface area contributed by atoms with Gasteiger partial charge in [0.15, 0.2) is 0 Å². The second-order valence-corrected chi connectivity index (χ2v) is 10.6. The fourth-order valence-electron chi connectivity index (χ4n) is 3.91. The Labute approximate surface area is 199 Å². The van der Waals surface area contributed by atoms with E-state index in [0.717, 1.165) is 22.6 Å². The van der Waals surface area contributed by atoms with Gasteiger partial charge in [0.2, 0.25) is 16.9 Å². The molecule has 7 heteroatoms. The Kier molecular flexibility index (Phi) is 8.33. The number of nitrogens with zero attached hydrogens (tertiary/aromatic N) is 2. The van der Waals surface area contributed by atoms with E-state index in [1.165, 1.54) is 11.3 Å². The summed E-state index contributed by atoms with van der Waals surface area (Å²) in [5, 5.41) is 15.2. The van der Waals surface area contributed by atoms with Crippen LogP contribution in [0.3, 0.4) is 0 Å². The number of rotatable bonds is 9. The summed E-state index contributed by atoms with van der Waals surface area (Å²) in [5.74, 6) is -0.196. The lowest BCUT2D eigenvalue weighted by molar-refractivity contribution is -0.127. The number of benzene rings is 2. The van der Waals surface area contributed by atoms with Crippen LogP contribution in [0, 0.1) is 11.3 Å². The van der Waals surface area contributed by atoms with E-state index < -0.39 is 6.04 Å². The molecule has 2 atom stereocenters. The molecule has 3 rings (SSSR count). The monoisotopic (exact) mass is 464 g/mol. The molecule has 0 aliphatic carbocycles. The van der Waals surface area contributed by atoms with E-state index in [9.17, 15) is 9.59 Å². The minimum absolute atomic E-state index is 0.120. The van der Waals surface area contributed by atoms with E-state index in [4.69, 9.17) is 0 Å². The van der Waals surface area contributed by atoms with Gasteiger partial charge in [0, 0.05) is 18.4 Å². The molecule has 3 aromatic rings. The molecule has 0 spiro atoms. The summed E-state index contributed by atoms with van der Waals surface area (Å²) in [6, 6.07) is 18.7. The highest BCUT2D eigenvalue weighted by atomic mass is 32.1. The number of nitrogens with one attached hydrogen (secondary N) is 2. The summed E-state index contributed by atoms with van der Waals surface area (Å²) in [6.45, 7) is 8.57. The Bertz CT molecular complexity index is 1040. The molecule has 2 unspecified atom stereocenters. The number of amides is 2. The topological polar surface area (TPSA) is 84.0 Å². The maximum atomic E-state index is 13.1. The Balaban J connectivity index is 1.69. The van der Waals surface area contributed by atoms with E-state index in [2.05, 4.69) is 48.5 Å². The van der Waals surface area contributed by atoms with E-state index in [-0.39, 0.29) is 23.1 Å². The smallest absolute Gasteiger partial charge is 0.249 e.